The summed E-state index contributed by atoms with van der Waals surface area (Å²) in [6.45, 7) is 1.52. The van der Waals surface area contributed by atoms with E-state index in [-0.39, 0.29) is 11.5 Å². The highest BCUT2D eigenvalue weighted by Gasteiger charge is 2.26. The molecule has 2 amide bonds. The molecule has 0 saturated carbocycles. The lowest BCUT2D eigenvalue weighted by atomic mass is 10.1. The molecule has 0 unspecified atom stereocenters. The zero-order valence-electron chi connectivity index (χ0n) is 17.0. The van der Waals surface area contributed by atoms with Gasteiger partial charge in [-0.3, -0.25) is 9.59 Å². The van der Waals surface area contributed by atoms with E-state index < -0.39 is 11.7 Å². The normalized spacial score (nSPS) is 13.9. The fraction of sp³-hybridized carbons (Fsp3) is 0.364. The van der Waals surface area contributed by atoms with Crippen molar-refractivity contribution >= 4 is 23.4 Å². The van der Waals surface area contributed by atoms with Gasteiger partial charge in [-0.25, -0.2) is 4.39 Å². The monoisotopic (exact) mass is 434 g/mol. The van der Waals surface area contributed by atoms with Crippen LogP contribution in [0.5, 0.6) is 11.5 Å². The van der Waals surface area contributed by atoms with Crippen LogP contribution in [0.4, 0.5) is 4.39 Å². The van der Waals surface area contributed by atoms with Crippen LogP contribution < -0.4 is 9.47 Å². The average molecular weight is 435 g/mol. The van der Waals surface area contributed by atoms with Crippen molar-refractivity contribution in [3.8, 4) is 11.5 Å². The van der Waals surface area contributed by atoms with Crippen LogP contribution in [0.15, 0.2) is 36.4 Å². The number of ether oxygens (including phenoxy) is 2. The molecule has 0 spiro atoms. The van der Waals surface area contributed by atoms with Gasteiger partial charge in [-0.2, -0.15) is 0 Å². The molecule has 1 aliphatic heterocycles. The van der Waals surface area contributed by atoms with Gasteiger partial charge in [0.1, 0.15) is 17.3 Å². The van der Waals surface area contributed by atoms with E-state index in [1.54, 1.807) is 30.1 Å². The number of piperazine rings is 1. The lowest BCUT2D eigenvalue weighted by Gasteiger charge is -2.35. The summed E-state index contributed by atoms with van der Waals surface area (Å²) in [5, 5.41) is 0.308. The fourth-order valence-electron chi connectivity index (χ4n) is 3.41. The van der Waals surface area contributed by atoms with Gasteiger partial charge in [0.2, 0.25) is 5.91 Å². The molecule has 0 atom stereocenters. The second-order valence-corrected chi connectivity index (χ2v) is 7.45. The molecular formula is C22H24ClFN2O4. The number of benzene rings is 2. The molecule has 30 heavy (non-hydrogen) atoms. The number of amides is 2. The highest BCUT2D eigenvalue weighted by atomic mass is 35.5. The number of hydrogen-bond donors (Lipinski definition) is 0. The minimum Gasteiger partial charge on any atom is -0.497 e. The molecule has 2 aromatic carbocycles. The number of methoxy groups -OCH3 is 2. The van der Waals surface area contributed by atoms with E-state index in [9.17, 15) is 14.0 Å². The van der Waals surface area contributed by atoms with Gasteiger partial charge >= 0.3 is 0 Å². The molecule has 0 radical (unpaired) electrons. The number of halogens is 2. The van der Waals surface area contributed by atoms with Gasteiger partial charge in [0.05, 0.1) is 19.8 Å². The third kappa shape index (κ3) is 5.21. The molecule has 1 saturated heterocycles. The zero-order valence-corrected chi connectivity index (χ0v) is 17.7. The standard InChI is InChI=1S/C22H24ClFN2O4/c1-29-17-11-15(12-18(14-17)30-2)3-6-21(27)25-7-9-26(10-8-25)22(28)19-13-16(23)4-5-20(19)24/h4-5,11-14H,3,6-10H2,1-2H3. The molecule has 0 aliphatic carbocycles. The van der Waals surface area contributed by atoms with Crippen LogP contribution >= 0.6 is 11.6 Å². The Morgan fingerprint density at radius 2 is 1.57 bits per heavy atom. The largest absolute Gasteiger partial charge is 0.497 e. The van der Waals surface area contributed by atoms with Gasteiger partial charge in [0.25, 0.3) is 5.91 Å². The van der Waals surface area contributed by atoms with E-state index in [2.05, 4.69) is 0 Å². The van der Waals surface area contributed by atoms with Crippen molar-refractivity contribution < 1.29 is 23.5 Å². The number of nitrogens with zero attached hydrogens (tertiary/aromatic N) is 2. The lowest BCUT2D eigenvalue weighted by molar-refractivity contribution is -0.132. The molecular weight excluding hydrogens is 411 g/mol. The first kappa shape index (κ1) is 21.9. The summed E-state index contributed by atoms with van der Waals surface area (Å²) in [7, 11) is 3.17. The molecule has 2 aromatic rings. The van der Waals surface area contributed by atoms with Crippen molar-refractivity contribution in [1.82, 2.24) is 9.80 Å². The van der Waals surface area contributed by atoms with Gasteiger partial charge in [-0.05, 0) is 42.3 Å². The van der Waals surface area contributed by atoms with Crippen LogP contribution in [0.3, 0.4) is 0 Å². The summed E-state index contributed by atoms with van der Waals surface area (Å²) >= 11 is 5.88. The summed E-state index contributed by atoms with van der Waals surface area (Å²) in [5.41, 5.74) is 0.902. The number of rotatable bonds is 6. The van der Waals surface area contributed by atoms with Crippen LogP contribution in [-0.2, 0) is 11.2 Å². The molecule has 1 heterocycles. The molecule has 6 nitrogen and oxygen atoms in total. The van der Waals surface area contributed by atoms with Crippen molar-refractivity contribution in [1.29, 1.82) is 0 Å². The Labute approximate surface area is 180 Å². The van der Waals surface area contributed by atoms with E-state index in [1.165, 1.54) is 18.2 Å². The molecule has 0 N–H and O–H groups in total. The second-order valence-electron chi connectivity index (χ2n) is 7.02. The Kier molecular flexibility index (Phi) is 7.15. The second kappa shape index (κ2) is 9.80. The molecule has 1 aliphatic rings. The topological polar surface area (TPSA) is 59.1 Å². The molecule has 0 aromatic heterocycles. The minimum atomic E-state index is -0.600. The van der Waals surface area contributed by atoms with Crippen LogP contribution in [0, 0.1) is 5.82 Å². The molecule has 8 heteroatoms. The van der Waals surface area contributed by atoms with E-state index in [4.69, 9.17) is 21.1 Å². The molecule has 160 valence electrons. The third-order valence-corrected chi connectivity index (χ3v) is 5.35. The van der Waals surface area contributed by atoms with Crippen molar-refractivity contribution in [3.63, 3.8) is 0 Å². The first-order valence-electron chi connectivity index (χ1n) is 9.65. The van der Waals surface area contributed by atoms with Crippen molar-refractivity contribution in [2.24, 2.45) is 0 Å². The lowest BCUT2D eigenvalue weighted by Crippen LogP contribution is -2.50. The smallest absolute Gasteiger partial charge is 0.257 e. The van der Waals surface area contributed by atoms with E-state index in [0.29, 0.717) is 55.5 Å². The van der Waals surface area contributed by atoms with Gasteiger partial charge < -0.3 is 19.3 Å². The number of aryl methyl sites for hydroxylation is 1. The van der Waals surface area contributed by atoms with Crippen molar-refractivity contribution in [3.05, 3.63) is 58.4 Å². The van der Waals surface area contributed by atoms with Crippen LogP contribution in [0.25, 0.3) is 0 Å². The SMILES string of the molecule is COc1cc(CCC(=O)N2CCN(C(=O)c3cc(Cl)ccc3F)CC2)cc(OC)c1. The van der Waals surface area contributed by atoms with Gasteiger partial charge in [-0.15, -0.1) is 0 Å². The van der Waals surface area contributed by atoms with Crippen molar-refractivity contribution in [2.75, 3.05) is 40.4 Å². The van der Waals surface area contributed by atoms with Gasteiger partial charge in [-0.1, -0.05) is 11.6 Å². The Morgan fingerprint density at radius 1 is 0.967 bits per heavy atom. The fourth-order valence-corrected chi connectivity index (χ4v) is 3.58. The van der Waals surface area contributed by atoms with Crippen LogP contribution in [0.1, 0.15) is 22.3 Å². The maximum Gasteiger partial charge on any atom is 0.257 e. The summed E-state index contributed by atoms with van der Waals surface area (Å²) in [6, 6.07) is 9.46. The molecule has 0 bridgehead atoms. The first-order valence-corrected chi connectivity index (χ1v) is 10.0. The Morgan fingerprint density at radius 3 is 2.17 bits per heavy atom. The van der Waals surface area contributed by atoms with Crippen LogP contribution in [0.2, 0.25) is 5.02 Å². The Hall–Kier alpha value is -2.80. The van der Waals surface area contributed by atoms with E-state index in [0.717, 1.165) is 5.56 Å². The predicted molar refractivity (Wildman–Crippen MR) is 112 cm³/mol. The molecule has 1 fully saturated rings. The summed E-state index contributed by atoms with van der Waals surface area (Å²) in [6.07, 6.45) is 0.895. The van der Waals surface area contributed by atoms with E-state index >= 15 is 0 Å². The predicted octanol–water partition coefficient (Wildman–Crippen LogP) is 3.41. The van der Waals surface area contributed by atoms with E-state index in [1.807, 2.05) is 12.1 Å². The number of carbonyl (C=O) groups excluding carboxylic acids is 2. The Bertz CT molecular complexity index is 907. The third-order valence-electron chi connectivity index (χ3n) is 5.12. The van der Waals surface area contributed by atoms with Crippen molar-refractivity contribution in [2.45, 2.75) is 12.8 Å². The average Bonchev–Trinajstić information content (AvgIpc) is 2.78. The van der Waals surface area contributed by atoms with Gasteiger partial charge in [0.15, 0.2) is 0 Å². The first-order chi connectivity index (χ1) is 14.4. The summed E-state index contributed by atoms with van der Waals surface area (Å²) in [4.78, 5) is 28.5. The maximum atomic E-state index is 14.0. The summed E-state index contributed by atoms with van der Waals surface area (Å²) < 4.78 is 24.5. The zero-order chi connectivity index (χ0) is 21.7. The minimum absolute atomic E-state index is 0.0119. The van der Waals surface area contributed by atoms with Gasteiger partial charge in [0, 0.05) is 43.7 Å². The quantitative estimate of drug-likeness (QED) is 0.699. The highest BCUT2D eigenvalue weighted by molar-refractivity contribution is 6.31. The summed E-state index contributed by atoms with van der Waals surface area (Å²) in [5.74, 6) is 0.356. The Balaban J connectivity index is 1.54. The highest BCUT2D eigenvalue weighted by Crippen LogP contribution is 2.24. The maximum absolute atomic E-state index is 14.0. The van der Waals surface area contributed by atoms with Crippen LogP contribution in [-0.4, -0.2) is 62.0 Å². The number of hydrogen-bond acceptors (Lipinski definition) is 4. The number of carbonyl (C=O) groups is 2. The molecule has 3 rings (SSSR count).